The van der Waals surface area contributed by atoms with Crippen LogP contribution in [0.25, 0.3) is 0 Å². The number of hydrogen-bond donors (Lipinski definition) is 2. The second kappa shape index (κ2) is 8.05. The van der Waals surface area contributed by atoms with Gasteiger partial charge in [0.05, 0.1) is 5.41 Å². The van der Waals surface area contributed by atoms with Gasteiger partial charge < -0.3 is 15.5 Å². The number of benzene rings is 1. The summed E-state index contributed by atoms with van der Waals surface area (Å²) in [4.78, 5) is 27.5. The van der Waals surface area contributed by atoms with E-state index in [9.17, 15) is 9.59 Å². The van der Waals surface area contributed by atoms with Crippen LogP contribution in [-0.2, 0) is 4.79 Å². The molecule has 4 bridgehead atoms. The average Bonchev–Trinajstić information content (AvgIpc) is 2.68. The van der Waals surface area contributed by atoms with E-state index in [1.54, 1.807) is 11.0 Å². The predicted octanol–water partition coefficient (Wildman–Crippen LogP) is 4.20. The first kappa shape index (κ1) is 20.3. The van der Waals surface area contributed by atoms with Crippen molar-refractivity contribution >= 4 is 34.8 Å². The van der Waals surface area contributed by atoms with Crippen molar-refractivity contribution in [1.82, 2.24) is 10.2 Å². The smallest absolute Gasteiger partial charge is 0.253 e. The highest BCUT2D eigenvalue weighted by molar-refractivity contribution is 7.80. The third-order valence-electron chi connectivity index (χ3n) is 7.17. The zero-order chi connectivity index (χ0) is 20.6. The van der Waals surface area contributed by atoms with Crippen LogP contribution in [0.1, 0.15) is 62.7 Å². The van der Waals surface area contributed by atoms with E-state index in [1.807, 2.05) is 32.0 Å². The largest absolute Gasteiger partial charge is 0.339 e. The summed E-state index contributed by atoms with van der Waals surface area (Å²) in [6, 6.07) is 7.30. The number of hydrogen-bond acceptors (Lipinski definition) is 3. The summed E-state index contributed by atoms with van der Waals surface area (Å²) in [7, 11) is 0. The van der Waals surface area contributed by atoms with E-state index < -0.39 is 0 Å². The van der Waals surface area contributed by atoms with Gasteiger partial charge >= 0.3 is 0 Å². The number of nitrogens with zero attached hydrogens (tertiary/aromatic N) is 1. The lowest BCUT2D eigenvalue weighted by atomic mass is 9.49. The highest BCUT2D eigenvalue weighted by Crippen LogP contribution is 2.60. The Bertz CT molecular complexity index is 783. The maximum Gasteiger partial charge on any atom is 0.253 e. The van der Waals surface area contributed by atoms with E-state index in [1.165, 1.54) is 19.3 Å². The molecule has 0 aromatic heterocycles. The SMILES string of the molecule is CCN(CC)C(=O)c1cccc(NC(=S)NC(=O)C23CC4CC(CC(C4)C2)C3)c1. The summed E-state index contributed by atoms with van der Waals surface area (Å²) in [5.41, 5.74) is 1.12. The quantitative estimate of drug-likeness (QED) is 0.711. The summed E-state index contributed by atoms with van der Waals surface area (Å²) in [6.45, 7) is 5.29. The molecule has 6 heteroatoms. The molecule has 0 unspecified atom stereocenters. The zero-order valence-corrected chi connectivity index (χ0v) is 18.2. The van der Waals surface area contributed by atoms with Crippen molar-refractivity contribution in [2.24, 2.45) is 23.2 Å². The minimum absolute atomic E-state index is 0.00201. The van der Waals surface area contributed by atoms with Gasteiger partial charge in [-0.05, 0) is 101 Å². The van der Waals surface area contributed by atoms with Gasteiger partial charge in [-0.2, -0.15) is 0 Å². The highest BCUT2D eigenvalue weighted by atomic mass is 32.1. The summed E-state index contributed by atoms with van der Waals surface area (Å²) in [6.07, 6.45) is 6.97. The van der Waals surface area contributed by atoms with Crippen molar-refractivity contribution in [1.29, 1.82) is 0 Å². The standard InChI is InChI=1S/C23H31N3O2S/c1-3-26(4-2)20(27)18-6-5-7-19(11-18)24-22(29)25-21(28)23-12-15-8-16(13-23)10-17(9-15)14-23/h5-7,11,15-17H,3-4,8-10,12-14H2,1-2H3,(H2,24,25,28,29). The van der Waals surface area contributed by atoms with Gasteiger partial charge in [0.15, 0.2) is 5.11 Å². The Morgan fingerprint density at radius 3 is 2.21 bits per heavy atom. The Morgan fingerprint density at radius 2 is 1.66 bits per heavy atom. The number of nitrogens with one attached hydrogen (secondary N) is 2. The third-order valence-corrected chi connectivity index (χ3v) is 7.37. The van der Waals surface area contributed by atoms with E-state index in [-0.39, 0.29) is 17.2 Å². The maximum atomic E-state index is 13.1. The number of carbonyl (C=O) groups excluding carboxylic acids is 2. The minimum Gasteiger partial charge on any atom is -0.339 e. The molecular weight excluding hydrogens is 382 g/mol. The van der Waals surface area contributed by atoms with Crippen LogP contribution < -0.4 is 10.6 Å². The molecule has 2 N–H and O–H groups in total. The molecule has 156 valence electrons. The molecule has 1 aromatic carbocycles. The number of amides is 2. The van der Waals surface area contributed by atoms with Crippen LogP contribution in [0.5, 0.6) is 0 Å². The molecule has 1 aromatic rings. The highest BCUT2D eigenvalue weighted by Gasteiger charge is 2.54. The van der Waals surface area contributed by atoms with Gasteiger partial charge in [-0.3, -0.25) is 9.59 Å². The van der Waals surface area contributed by atoms with Crippen LogP contribution in [0.2, 0.25) is 0 Å². The van der Waals surface area contributed by atoms with Crippen LogP contribution in [0.4, 0.5) is 5.69 Å². The van der Waals surface area contributed by atoms with E-state index >= 15 is 0 Å². The minimum atomic E-state index is -0.221. The van der Waals surface area contributed by atoms with E-state index in [0.29, 0.717) is 23.8 Å². The van der Waals surface area contributed by atoms with Crippen molar-refractivity contribution in [3.63, 3.8) is 0 Å². The lowest BCUT2D eigenvalue weighted by Gasteiger charge is -2.55. The molecule has 2 amide bonds. The van der Waals surface area contributed by atoms with Crippen LogP contribution in [0.3, 0.4) is 0 Å². The molecule has 0 aliphatic heterocycles. The molecule has 0 heterocycles. The van der Waals surface area contributed by atoms with Crippen LogP contribution in [0, 0.1) is 23.2 Å². The lowest BCUT2D eigenvalue weighted by molar-refractivity contribution is -0.144. The molecule has 4 fully saturated rings. The molecule has 0 spiro atoms. The summed E-state index contributed by atoms with van der Waals surface area (Å²) >= 11 is 5.44. The van der Waals surface area contributed by atoms with Crippen molar-refractivity contribution in [2.45, 2.75) is 52.4 Å². The first-order chi connectivity index (χ1) is 13.9. The number of thiocarbonyl (C=S) groups is 1. The topological polar surface area (TPSA) is 61.4 Å². The monoisotopic (exact) mass is 413 g/mol. The Labute approximate surface area is 178 Å². The molecule has 4 aliphatic rings. The summed E-state index contributed by atoms with van der Waals surface area (Å²) in [5, 5.41) is 6.39. The number of rotatable bonds is 5. The van der Waals surface area contributed by atoms with Gasteiger partial charge in [0.2, 0.25) is 5.91 Å². The predicted molar refractivity (Wildman–Crippen MR) is 119 cm³/mol. The molecule has 0 saturated heterocycles. The molecular formula is C23H31N3O2S. The second-order valence-corrected chi connectivity index (χ2v) is 9.57. The normalized spacial score (nSPS) is 29.4. The lowest BCUT2D eigenvalue weighted by Crippen LogP contribution is -2.55. The van der Waals surface area contributed by atoms with E-state index in [4.69, 9.17) is 12.2 Å². The zero-order valence-electron chi connectivity index (χ0n) is 17.4. The van der Waals surface area contributed by atoms with Gasteiger partial charge in [0.25, 0.3) is 5.91 Å². The Balaban J connectivity index is 1.39. The Hall–Kier alpha value is -1.95. The van der Waals surface area contributed by atoms with Gasteiger partial charge in [0.1, 0.15) is 0 Å². The number of anilines is 1. The van der Waals surface area contributed by atoms with E-state index in [2.05, 4.69) is 10.6 Å². The fraction of sp³-hybridized carbons (Fsp3) is 0.609. The third kappa shape index (κ3) is 4.04. The Morgan fingerprint density at radius 1 is 1.07 bits per heavy atom. The summed E-state index contributed by atoms with van der Waals surface area (Å²) < 4.78 is 0. The molecule has 5 rings (SSSR count). The second-order valence-electron chi connectivity index (χ2n) is 9.16. The molecule has 29 heavy (non-hydrogen) atoms. The van der Waals surface area contributed by atoms with Gasteiger partial charge in [0, 0.05) is 24.3 Å². The molecule has 4 saturated carbocycles. The van der Waals surface area contributed by atoms with Crippen LogP contribution >= 0.6 is 12.2 Å². The van der Waals surface area contributed by atoms with Gasteiger partial charge in [-0.15, -0.1) is 0 Å². The Kier molecular flexibility index (Phi) is 5.65. The fourth-order valence-corrected chi connectivity index (χ4v) is 6.42. The maximum absolute atomic E-state index is 13.1. The van der Waals surface area contributed by atoms with Crippen LogP contribution in [-0.4, -0.2) is 34.9 Å². The molecule has 0 atom stereocenters. The van der Waals surface area contributed by atoms with Gasteiger partial charge in [-0.1, -0.05) is 6.07 Å². The van der Waals surface area contributed by atoms with Gasteiger partial charge in [-0.25, -0.2) is 0 Å². The average molecular weight is 414 g/mol. The fourth-order valence-electron chi connectivity index (χ4n) is 6.21. The first-order valence-electron chi connectivity index (χ1n) is 10.9. The van der Waals surface area contributed by atoms with Crippen molar-refractivity contribution in [3.05, 3.63) is 29.8 Å². The molecule has 5 nitrogen and oxygen atoms in total. The molecule has 0 radical (unpaired) electrons. The first-order valence-corrected chi connectivity index (χ1v) is 11.3. The van der Waals surface area contributed by atoms with Crippen molar-refractivity contribution in [2.75, 3.05) is 18.4 Å². The molecule has 4 aliphatic carbocycles. The van der Waals surface area contributed by atoms with Crippen LogP contribution in [0.15, 0.2) is 24.3 Å². The number of carbonyl (C=O) groups is 2. The van der Waals surface area contributed by atoms with Crippen molar-refractivity contribution in [3.8, 4) is 0 Å². The summed E-state index contributed by atoms with van der Waals surface area (Å²) in [5.74, 6) is 2.25. The van der Waals surface area contributed by atoms with E-state index in [0.717, 1.165) is 42.7 Å². The van der Waals surface area contributed by atoms with Crippen molar-refractivity contribution < 1.29 is 9.59 Å².